The molecule has 0 amide bonds. The number of hydrogen-bond donors (Lipinski definition) is 4. The predicted molar refractivity (Wildman–Crippen MR) is 129 cm³/mol. The number of fused-ring (bicyclic) bond motifs is 1. The summed E-state index contributed by atoms with van der Waals surface area (Å²) in [7, 11) is 1.13. The van der Waals surface area contributed by atoms with Gasteiger partial charge in [-0.05, 0) is 12.1 Å². The summed E-state index contributed by atoms with van der Waals surface area (Å²) >= 11 is 0. The maximum absolute atomic E-state index is 11.5. The van der Waals surface area contributed by atoms with Gasteiger partial charge in [0.05, 0.1) is 43.0 Å². The van der Waals surface area contributed by atoms with Crippen molar-refractivity contribution in [3.63, 3.8) is 0 Å². The van der Waals surface area contributed by atoms with E-state index in [1.807, 2.05) is 18.2 Å². The maximum Gasteiger partial charge on any atom is 0.231 e. The Morgan fingerprint density at radius 1 is 1.30 bits per heavy atom. The Bertz CT molecular complexity index is 1210. The Hall–Kier alpha value is -2.96. The summed E-state index contributed by atoms with van der Waals surface area (Å²) in [5.41, 5.74) is 1.75. The van der Waals surface area contributed by atoms with Crippen LogP contribution in [-0.4, -0.2) is 83.6 Å². The summed E-state index contributed by atoms with van der Waals surface area (Å²) in [6, 6.07) is 8.45. The summed E-state index contributed by atoms with van der Waals surface area (Å²) in [6.07, 6.45) is 3.17. The van der Waals surface area contributed by atoms with Crippen molar-refractivity contribution in [2.24, 2.45) is 0 Å². The molecule has 0 spiro atoms. The van der Waals surface area contributed by atoms with Crippen LogP contribution in [0, 0.1) is 11.3 Å². The molecule has 0 aliphatic carbocycles. The molecular formula is C22H27N7O3P. The molecule has 2 aromatic heterocycles. The number of hydrogen-bond acceptors (Lipinski definition) is 9. The van der Waals surface area contributed by atoms with Crippen LogP contribution in [-0.2, 0) is 4.74 Å². The van der Waals surface area contributed by atoms with Gasteiger partial charge in [-0.1, -0.05) is 6.07 Å². The molecule has 2 saturated heterocycles. The topological polar surface area (TPSA) is 131 Å². The van der Waals surface area contributed by atoms with Crippen molar-refractivity contribution in [1.29, 1.82) is 5.26 Å². The zero-order valence-electron chi connectivity index (χ0n) is 18.6. The molecule has 0 saturated carbocycles. The lowest BCUT2D eigenvalue weighted by molar-refractivity contribution is -0.0622. The van der Waals surface area contributed by atoms with E-state index in [1.54, 1.807) is 20.4 Å². The molecule has 11 heteroatoms. The minimum Gasteiger partial charge on any atom is -0.495 e. The van der Waals surface area contributed by atoms with Crippen LogP contribution < -0.4 is 20.7 Å². The number of nitriles is 1. The molecule has 2 aliphatic heterocycles. The summed E-state index contributed by atoms with van der Waals surface area (Å²) < 4.78 is 11.0. The third kappa shape index (κ3) is 3.98. The first-order chi connectivity index (χ1) is 16.0. The zero-order valence-corrected chi connectivity index (χ0v) is 19.5. The van der Waals surface area contributed by atoms with E-state index < -0.39 is 7.49 Å². The smallest absolute Gasteiger partial charge is 0.231 e. The van der Waals surface area contributed by atoms with Crippen molar-refractivity contribution in [2.75, 3.05) is 63.4 Å². The molecule has 5 rings (SSSR count). The first-order valence-corrected chi connectivity index (χ1v) is 13.0. The molecule has 0 atom stereocenters. The van der Waals surface area contributed by atoms with Crippen LogP contribution >= 0.6 is 7.49 Å². The van der Waals surface area contributed by atoms with Gasteiger partial charge in [0.15, 0.2) is 0 Å². The van der Waals surface area contributed by atoms with Gasteiger partial charge in [0.1, 0.15) is 23.3 Å². The normalized spacial score (nSPS) is 18.5. The fraction of sp³-hybridized carbons (Fsp3) is 0.409. The first-order valence-electron chi connectivity index (χ1n) is 10.9. The Morgan fingerprint density at radius 2 is 2.09 bits per heavy atom. The Labute approximate surface area is 192 Å². The molecule has 2 fully saturated rings. The Morgan fingerprint density at radius 3 is 2.73 bits per heavy atom. The highest BCUT2D eigenvalue weighted by Crippen LogP contribution is 2.55. The third-order valence-corrected chi connectivity index (χ3v) is 9.57. The van der Waals surface area contributed by atoms with Gasteiger partial charge in [0.25, 0.3) is 0 Å². The van der Waals surface area contributed by atoms with Gasteiger partial charge in [-0.25, -0.2) is 0 Å². The summed E-state index contributed by atoms with van der Waals surface area (Å²) in [6.45, 7) is 3.38. The molecule has 10 nitrogen and oxygen atoms in total. The lowest BCUT2D eigenvalue weighted by atomic mass is 10.2. The van der Waals surface area contributed by atoms with Crippen LogP contribution in [0.2, 0.25) is 0 Å². The van der Waals surface area contributed by atoms with E-state index in [0.29, 0.717) is 45.8 Å². The minimum atomic E-state index is -2.23. The highest BCUT2D eigenvalue weighted by atomic mass is 31.2. The van der Waals surface area contributed by atoms with Gasteiger partial charge in [-0.15, -0.1) is 0 Å². The Balaban J connectivity index is 1.38. The van der Waals surface area contributed by atoms with Crippen molar-refractivity contribution in [1.82, 2.24) is 19.9 Å². The molecule has 2 aliphatic rings. The molecule has 4 heterocycles. The predicted octanol–water partition coefficient (Wildman–Crippen LogP) is 1.89. The van der Waals surface area contributed by atoms with Gasteiger partial charge in [-0.3, -0.25) is 4.90 Å². The van der Waals surface area contributed by atoms with Gasteiger partial charge in [-0.2, -0.15) is 15.2 Å². The van der Waals surface area contributed by atoms with Crippen molar-refractivity contribution < 1.29 is 14.4 Å². The van der Waals surface area contributed by atoms with E-state index in [2.05, 4.69) is 36.6 Å². The molecule has 0 unspecified atom stereocenters. The van der Waals surface area contributed by atoms with Crippen LogP contribution in [0.3, 0.4) is 0 Å². The van der Waals surface area contributed by atoms with Gasteiger partial charge < -0.3 is 30.0 Å². The first kappa shape index (κ1) is 21.9. The number of methoxy groups -OCH3 is 1. The SMILES string of the molecule is CNc1nc(Nc2ccc([P]3(O)CCN(C4COC4)CC3)cc2OC)nc2[nH]cc(C#N)c12. The number of benzene rings is 1. The van der Waals surface area contributed by atoms with E-state index in [-0.39, 0.29) is 0 Å². The number of H-pyrrole nitrogens is 1. The van der Waals surface area contributed by atoms with E-state index in [1.165, 1.54) is 0 Å². The second kappa shape index (κ2) is 8.76. The Kier molecular flexibility index (Phi) is 5.81. The van der Waals surface area contributed by atoms with Gasteiger partial charge >= 0.3 is 0 Å². The molecule has 3 aromatic rings. The van der Waals surface area contributed by atoms with E-state index >= 15 is 0 Å². The van der Waals surface area contributed by atoms with Crippen LogP contribution in [0.1, 0.15) is 5.56 Å². The molecule has 33 heavy (non-hydrogen) atoms. The number of aromatic amines is 1. The second-order valence-corrected chi connectivity index (χ2v) is 11.5. The van der Waals surface area contributed by atoms with Gasteiger partial charge in [0, 0.05) is 51.5 Å². The standard InChI is InChI=1S/C22H27N7O3P/c1-24-20-19-14(10-23)11-25-21(19)28-22(27-20)26-17-4-3-16(9-18(17)31-2)33(30)7-5-29(6-8-33)15-12-32-13-15/h3-4,9,11,15,30H,5-8,12-13H2,1-2H3,(H3,24,25,26,27,28). The van der Waals surface area contributed by atoms with E-state index in [9.17, 15) is 10.2 Å². The van der Waals surface area contributed by atoms with Crippen LogP contribution in [0.25, 0.3) is 11.0 Å². The largest absolute Gasteiger partial charge is 0.495 e. The quantitative estimate of drug-likeness (QED) is 0.401. The summed E-state index contributed by atoms with van der Waals surface area (Å²) in [5, 5.41) is 17.2. The van der Waals surface area contributed by atoms with Crippen molar-refractivity contribution in [2.45, 2.75) is 6.04 Å². The second-order valence-electron chi connectivity index (χ2n) is 8.29. The van der Waals surface area contributed by atoms with Crippen molar-refractivity contribution in [3.8, 4) is 11.8 Å². The van der Waals surface area contributed by atoms with Crippen molar-refractivity contribution >= 4 is 41.3 Å². The monoisotopic (exact) mass is 468 g/mol. The maximum atomic E-state index is 11.5. The van der Waals surface area contributed by atoms with E-state index in [4.69, 9.17) is 9.47 Å². The zero-order chi connectivity index (χ0) is 23.0. The molecule has 1 radical (unpaired) electrons. The summed E-state index contributed by atoms with van der Waals surface area (Å²) in [4.78, 5) is 25.9. The molecular weight excluding hydrogens is 441 g/mol. The fourth-order valence-electron chi connectivity index (χ4n) is 4.39. The van der Waals surface area contributed by atoms with Crippen LogP contribution in [0.15, 0.2) is 24.4 Å². The van der Waals surface area contributed by atoms with E-state index in [0.717, 1.165) is 43.9 Å². The molecule has 1 aromatic carbocycles. The minimum absolute atomic E-state index is 0.369. The number of nitrogens with zero attached hydrogens (tertiary/aromatic N) is 4. The lowest BCUT2D eigenvalue weighted by Crippen LogP contribution is -2.53. The van der Waals surface area contributed by atoms with Crippen LogP contribution in [0.5, 0.6) is 5.75 Å². The number of nitrogens with one attached hydrogen (secondary N) is 3. The van der Waals surface area contributed by atoms with Gasteiger partial charge in [0.2, 0.25) is 5.95 Å². The van der Waals surface area contributed by atoms with Crippen molar-refractivity contribution in [3.05, 3.63) is 30.0 Å². The number of anilines is 3. The average molecular weight is 468 g/mol. The lowest BCUT2D eigenvalue weighted by Gasteiger charge is -2.45. The number of rotatable bonds is 6. The molecule has 4 N–H and O–H groups in total. The fourth-order valence-corrected chi connectivity index (χ4v) is 7.01. The number of ether oxygens (including phenoxy) is 2. The molecule has 0 bridgehead atoms. The highest BCUT2D eigenvalue weighted by molar-refractivity contribution is 7.77. The highest BCUT2D eigenvalue weighted by Gasteiger charge is 2.36. The number of aromatic nitrogens is 3. The average Bonchev–Trinajstić information content (AvgIpc) is 3.22. The van der Waals surface area contributed by atoms with Crippen LogP contribution in [0.4, 0.5) is 17.5 Å². The summed E-state index contributed by atoms with van der Waals surface area (Å²) in [5.74, 6) is 1.54. The third-order valence-electron chi connectivity index (χ3n) is 6.45. The molecule has 173 valence electrons.